The van der Waals surface area contributed by atoms with Gasteiger partial charge in [0.15, 0.2) is 17.0 Å². The van der Waals surface area contributed by atoms with Gasteiger partial charge in [-0.1, -0.05) is 36.4 Å². The van der Waals surface area contributed by atoms with Crippen molar-refractivity contribution in [3.8, 4) is 11.5 Å². The minimum atomic E-state index is -1.46. The van der Waals surface area contributed by atoms with E-state index < -0.39 is 23.2 Å². The van der Waals surface area contributed by atoms with E-state index in [9.17, 15) is 29.0 Å². The van der Waals surface area contributed by atoms with Crippen molar-refractivity contribution in [1.29, 1.82) is 0 Å². The largest absolute Gasteiger partial charge is 0.504 e. The van der Waals surface area contributed by atoms with Crippen LogP contribution in [0.25, 0.3) is 0 Å². The third-order valence-corrected chi connectivity index (χ3v) is 10.4. The van der Waals surface area contributed by atoms with Gasteiger partial charge in [0.1, 0.15) is 11.5 Å². The van der Waals surface area contributed by atoms with E-state index in [1.54, 1.807) is 47.4 Å². The van der Waals surface area contributed by atoms with Crippen molar-refractivity contribution in [2.75, 3.05) is 26.7 Å². The van der Waals surface area contributed by atoms with Crippen LogP contribution in [0.1, 0.15) is 62.0 Å². The summed E-state index contributed by atoms with van der Waals surface area (Å²) in [6.07, 6.45) is 2.99. The number of fused-ring (bicyclic) bond motifs is 3. The van der Waals surface area contributed by atoms with Crippen LogP contribution < -0.4 is 0 Å². The number of amides is 2. The number of nitrogens with zero attached hydrogens (tertiary/aromatic N) is 3. The molecule has 0 saturated carbocycles. The highest BCUT2D eigenvalue weighted by atomic mass is 19.1. The first-order valence-electron chi connectivity index (χ1n) is 16.4. The van der Waals surface area contributed by atoms with Gasteiger partial charge in [-0.3, -0.25) is 9.59 Å². The first-order chi connectivity index (χ1) is 23.2. The van der Waals surface area contributed by atoms with E-state index in [4.69, 9.17) is 4.74 Å². The summed E-state index contributed by atoms with van der Waals surface area (Å²) in [4.78, 5) is 46.1. The molecular formula is C38H38FN3O6. The number of aromatic nitrogens is 1. The van der Waals surface area contributed by atoms with Crippen LogP contribution in [0.3, 0.4) is 0 Å². The summed E-state index contributed by atoms with van der Waals surface area (Å²) >= 11 is 0. The molecule has 4 aromatic rings. The zero-order valence-corrected chi connectivity index (χ0v) is 26.8. The number of halogens is 1. The fraction of sp³-hybridized carbons (Fsp3) is 0.342. The van der Waals surface area contributed by atoms with Crippen LogP contribution in [0.2, 0.25) is 0 Å². The number of esters is 1. The normalized spacial score (nSPS) is 21.3. The lowest BCUT2D eigenvalue weighted by atomic mass is 9.75. The highest BCUT2D eigenvalue weighted by Crippen LogP contribution is 2.55. The number of carbonyl (C=O) groups is 3. The number of methoxy groups -OCH3 is 1. The highest BCUT2D eigenvalue weighted by Gasteiger charge is 2.64. The lowest BCUT2D eigenvalue weighted by Crippen LogP contribution is -2.58. The van der Waals surface area contributed by atoms with Gasteiger partial charge < -0.3 is 29.3 Å². The van der Waals surface area contributed by atoms with Crippen LogP contribution in [-0.2, 0) is 35.3 Å². The number of ether oxygens (including phenoxy) is 1. The monoisotopic (exact) mass is 651 g/mol. The van der Waals surface area contributed by atoms with Crippen LogP contribution in [0.5, 0.6) is 11.5 Å². The Hall–Kier alpha value is -5.12. The maximum absolute atomic E-state index is 14.3. The van der Waals surface area contributed by atoms with E-state index in [0.29, 0.717) is 55.8 Å². The third kappa shape index (κ3) is 5.29. The molecule has 10 heteroatoms. The molecule has 0 radical (unpaired) electrons. The number of likely N-dealkylation sites (tertiary alicyclic amines) is 2. The number of hydrogen-bond donors (Lipinski definition) is 2. The average Bonchev–Trinajstić information content (AvgIpc) is 3.89. The number of aromatic hydroxyl groups is 2. The van der Waals surface area contributed by atoms with Crippen LogP contribution in [0, 0.1) is 11.7 Å². The molecule has 248 valence electrons. The lowest BCUT2D eigenvalue weighted by molar-refractivity contribution is -0.153. The van der Waals surface area contributed by atoms with Gasteiger partial charge in [-0.05, 0) is 90.8 Å². The fourth-order valence-corrected chi connectivity index (χ4v) is 8.20. The molecule has 2 saturated heterocycles. The summed E-state index contributed by atoms with van der Waals surface area (Å²) in [6.45, 7) is 2.07. The van der Waals surface area contributed by atoms with Crippen molar-refractivity contribution in [3.05, 3.63) is 118 Å². The van der Waals surface area contributed by atoms with Gasteiger partial charge in [0.2, 0.25) is 0 Å². The summed E-state index contributed by atoms with van der Waals surface area (Å²) in [5.74, 6) is -2.36. The second-order valence-corrected chi connectivity index (χ2v) is 13.1. The molecule has 2 aliphatic heterocycles. The summed E-state index contributed by atoms with van der Waals surface area (Å²) < 4.78 is 21.6. The van der Waals surface area contributed by atoms with Gasteiger partial charge >= 0.3 is 5.97 Å². The van der Waals surface area contributed by atoms with Crippen LogP contribution in [0.15, 0.2) is 78.9 Å². The third-order valence-electron chi connectivity index (χ3n) is 10.4. The Morgan fingerprint density at radius 2 is 1.60 bits per heavy atom. The molecule has 3 atom stereocenters. The molecule has 2 fully saturated rings. The summed E-state index contributed by atoms with van der Waals surface area (Å²) in [5, 5.41) is 19.9. The first kappa shape index (κ1) is 31.5. The standard InChI is InChI=1S/C38H38FN3O6/c1-48-37(47)38(22-25-9-12-28(39)13-10-25)34-27(23-42(38)35(45)26-7-3-2-4-8-26)20-30-29(34)21-31(36(46)40-16-5-6-17-40)41(30)18-15-24-11-14-32(43)33(44)19-24/h2-4,7-14,19,21,27,34,43-44H,5-6,15-18,20,22-23H2,1H3/t27-,34+,38+/m0/s1. The van der Waals surface area contributed by atoms with Crippen molar-refractivity contribution in [2.45, 2.75) is 50.1 Å². The SMILES string of the molecule is COC(=O)[C@@]1(Cc2ccc(F)cc2)[C@H]2c3cc(C(=O)N4CCCC4)n(CCc4ccc(O)c(O)c4)c3C[C@H]2CN1C(=O)c1ccccc1. The molecule has 7 rings (SSSR count). The zero-order chi connectivity index (χ0) is 33.6. The van der Waals surface area contributed by atoms with E-state index in [0.717, 1.165) is 29.7 Å². The predicted molar refractivity (Wildman–Crippen MR) is 175 cm³/mol. The number of phenols is 2. The van der Waals surface area contributed by atoms with Gasteiger partial charge in [-0.15, -0.1) is 0 Å². The maximum Gasteiger partial charge on any atom is 0.332 e. The van der Waals surface area contributed by atoms with Crippen LogP contribution in [-0.4, -0.2) is 74.6 Å². The topological polar surface area (TPSA) is 112 Å². The second-order valence-electron chi connectivity index (χ2n) is 13.1. The van der Waals surface area contributed by atoms with Crippen LogP contribution >= 0.6 is 0 Å². The zero-order valence-electron chi connectivity index (χ0n) is 26.8. The van der Waals surface area contributed by atoms with E-state index in [1.807, 2.05) is 21.6 Å². The number of aryl methyl sites for hydroxylation is 1. The number of rotatable bonds is 8. The van der Waals surface area contributed by atoms with E-state index >= 15 is 0 Å². The first-order valence-corrected chi connectivity index (χ1v) is 16.4. The molecule has 2 amide bonds. The fourth-order valence-electron chi connectivity index (χ4n) is 8.20. The van der Waals surface area contributed by atoms with E-state index in [-0.39, 0.29) is 35.7 Å². The number of phenolic OH excluding ortho intramolecular Hbond substituents is 2. The van der Waals surface area contributed by atoms with Crippen molar-refractivity contribution >= 4 is 17.8 Å². The maximum atomic E-state index is 14.3. The molecule has 1 aromatic heterocycles. The van der Waals surface area contributed by atoms with Gasteiger partial charge in [-0.2, -0.15) is 0 Å². The number of carbonyl (C=O) groups excluding carboxylic acids is 3. The summed E-state index contributed by atoms with van der Waals surface area (Å²) in [6, 6.07) is 21.4. The summed E-state index contributed by atoms with van der Waals surface area (Å²) in [5.41, 5.74) is 2.77. The molecule has 3 aliphatic rings. The molecule has 0 spiro atoms. The van der Waals surface area contributed by atoms with Crippen molar-refractivity contribution in [1.82, 2.24) is 14.4 Å². The average molecular weight is 652 g/mol. The van der Waals surface area contributed by atoms with Crippen molar-refractivity contribution < 1.29 is 33.7 Å². The molecule has 3 heterocycles. The highest BCUT2D eigenvalue weighted by molar-refractivity contribution is 6.00. The minimum Gasteiger partial charge on any atom is -0.504 e. The van der Waals surface area contributed by atoms with E-state index in [2.05, 4.69) is 0 Å². The van der Waals surface area contributed by atoms with Gasteiger partial charge in [0.25, 0.3) is 11.8 Å². The van der Waals surface area contributed by atoms with Crippen molar-refractivity contribution in [2.24, 2.45) is 5.92 Å². The lowest BCUT2D eigenvalue weighted by Gasteiger charge is -2.40. The van der Waals surface area contributed by atoms with Gasteiger partial charge in [0.05, 0.1) is 7.11 Å². The van der Waals surface area contributed by atoms with Crippen LogP contribution in [0.4, 0.5) is 4.39 Å². The quantitative estimate of drug-likeness (QED) is 0.203. The molecule has 3 aromatic carbocycles. The van der Waals surface area contributed by atoms with Gasteiger partial charge in [-0.25, -0.2) is 9.18 Å². The second kappa shape index (κ2) is 12.5. The molecule has 2 N–H and O–H groups in total. The smallest absolute Gasteiger partial charge is 0.332 e. The predicted octanol–water partition coefficient (Wildman–Crippen LogP) is 5.08. The summed E-state index contributed by atoms with van der Waals surface area (Å²) in [7, 11) is 1.32. The minimum absolute atomic E-state index is 0.0792. The Labute approximate surface area is 278 Å². The molecule has 9 nitrogen and oxygen atoms in total. The van der Waals surface area contributed by atoms with E-state index in [1.165, 1.54) is 31.4 Å². The Kier molecular flexibility index (Phi) is 8.19. The molecule has 0 unspecified atom stereocenters. The number of benzene rings is 3. The Morgan fingerprint density at radius 1 is 0.896 bits per heavy atom. The Balaban J connectivity index is 1.36. The Bertz CT molecular complexity index is 1870. The molecule has 48 heavy (non-hydrogen) atoms. The molecular weight excluding hydrogens is 613 g/mol. The number of hydrogen-bond acceptors (Lipinski definition) is 6. The van der Waals surface area contributed by atoms with Crippen molar-refractivity contribution in [3.63, 3.8) is 0 Å². The van der Waals surface area contributed by atoms with Gasteiger partial charge in [0, 0.05) is 49.8 Å². The Morgan fingerprint density at radius 3 is 2.29 bits per heavy atom. The molecule has 0 bridgehead atoms. The molecule has 1 aliphatic carbocycles.